The number of benzene rings is 1. The fraction of sp³-hybridized carbons (Fsp3) is 0.200. The topological polar surface area (TPSA) is 71.2 Å². The van der Waals surface area contributed by atoms with Gasteiger partial charge in [-0.15, -0.1) is 0 Å². The lowest BCUT2D eigenvalue weighted by Crippen LogP contribution is -2.37. The molecule has 0 saturated carbocycles. The Morgan fingerprint density at radius 3 is 3.00 bits per heavy atom. The Labute approximate surface area is 129 Å². The molecule has 2 N–H and O–H groups in total. The van der Waals surface area contributed by atoms with Crippen LogP contribution in [0.4, 0.5) is 0 Å². The van der Waals surface area contributed by atoms with Gasteiger partial charge in [0.25, 0.3) is 5.91 Å². The number of hydrogen-bond donors (Lipinski definition) is 2. The number of H-pyrrole nitrogens is 1. The van der Waals surface area contributed by atoms with Crippen LogP contribution in [0.5, 0.6) is 5.75 Å². The summed E-state index contributed by atoms with van der Waals surface area (Å²) in [5.41, 5.74) is 1.69. The van der Waals surface area contributed by atoms with Crippen LogP contribution < -0.4 is 15.6 Å². The highest BCUT2D eigenvalue weighted by Gasteiger charge is 2.28. The van der Waals surface area contributed by atoms with Gasteiger partial charge in [-0.05, 0) is 29.3 Å². The molecule has 3 rings (SSSR count). The number of fused-ring (bicyclic) bond motifs is 1. The molecule has 0 unspecified atom stereocenters. The number of rotatable bonds is 3. The second kappa shape index (κ2) is 5.73. The maximum Gasteiger partial charge on any atom is 0.261 e. The van der Waals surface area contributed by atoms with Crippen LogP contribution in [0.1, 0.15) is 11.1 Å². The maximum absolute atomic E-state index is 12.1. The first kappa shape index (κ1) is 13.9. The summed E-state index contributed by atoms with van der Waals surface area (Å²) >= 11 is 3.40. The van der Waals surface area contributed by atoms with Crippen LogP contribution in [-0.2, 0) is 17.8 Å². The number of halogens is 1. The van der Waals surface area contributed by atoms with Crippen molar-refractivity contribution in [2.75, 3.05) is 0 Å². The molecule has 0 aliphatic carbocycles. The Kier molecular flexibility index (Phi) is 3.79. The van der Waals surface area contributed by atoms with Crippen molar-refractivity contribution in [1.29, 1.82) is 0 Å². The quantitative estimate of drug-likeness (QED) is 0.887. The van der Waals surface area contributed by atoms with Gasteiger partial charge < -0.3 is 15.0 Å². The summed E-state index contributed by atoms with van der Waals surface area (Å²) in [6.45, 7) is 0.357. The molecule has 108 valence electrons. The average molecular weight is 349 g/mol. The van der Waals surface area contributed by atoms with Crippen molar-refractivity contribution in [3.05, 3.63) is 62.5 Å². The Morgan fingerprint density at radius 2 is 2.24 bits per heavy atom. The van der Waals surface area contributed by atoms with Crippen LogP contribution in [0.15, 0.2) is 45.8 Å². The summed E-state index contributed by atoms with van der Waals surface area (Å²) in [4.78, 5) is 25.6. The molecule has 1 aliphatic heterocycles. The summed E-state index contributed by atoms with van der Waals surface area (Å²) in [5.74, 6) is 0.593. The molecule has 0 radical (unpaired) electrons. The third kappa shape index (κ3) is 3.16. The highest BCUT2D eigenvalue weighted by Crippen LogP contribution is 2.31. The zero-order valence-electron chi connectivity index (χ0n) is 11.1. The van der Waals surface area contributed by atoms with Crippen LogP contribution in [-0.4, -0.2) is 17.0 Å². The monoisotopic (exact) mass is 348 g/mol. The largest absolute Gasteiger partial charge is 0.480 e. The lowest BCUT2D eigenvalue weighted by atomic mass is 10.1. The number of pyridine rings is 1. The second-order valence-electron chi connectivity index (χ2n) is 4.84. The second-order valence-corrected chi connectivity index (χ2v) is 5.76. The molecule has 5 nitrogen and oxygen atoms in total. The highest BCUT2D eigenvalue weighted by atomic mass is 79.9. The van der Waals surface area contributed by atoms with Crippen LogP contribution in [0.3, 0.4) is 0 Å². The SMILES string of the molecule is O=C(NCc1ccc(=O)[nH]c1)[C@@H]1Cc2cc(Br)ccc2O1. The molecule has 6 heteroatoms. The number of amides is 1. The first-order chi connectivity index (χ1) is 10.1. The van der Waals surface area contributed by atoms with Gasteiger partial charge in [-0.2, -0.15) is 0 Å². The summed E-state index contributed by atoms with van der Waals surface area (Å²) in [7, 11) is 0. The van der Waals surface area contributed by atoms with Gasteiger partial charge >= 0.3 is 0 Å². The molecule has 0 spiro atoms. The van der Waals surface area contributed by atoms with E-state index in [4.69, 9.17) is 4.74 Å². The van der Waals surface area contributed by atoms with Gasteiger partial charge in [0.2, 0.25) is 5.56 Å². The Bertz CT molecular complexity index is 721. The van der Waals surface area contributed by atoms with E-state index in [0.717, 1.165) is 21.3 Å². The number of aromatic nitrogens is 1. The lowest BCUT2D eigenvalue weighted by Gasteiger charge is -2.11. The summed E-state index contributed by atoms with van der Waals surface area (Å²) in [5, 5.41) is 2.81. The van der Waals surface area contributed by atoms with Gasteiger partial charge in [0.15, 0.2) is 6.10 Å². The minimum absolute atomic E-state index is 0.159. The average Bonchev–Trinajstić information content (AvgIpc) is 2.89. The van der Waals surface area contributed by atoms with Gasteiger partial charge in [0.1, 0.15) is 5.75 Å². The van der Waals surface area contributed by atoms with E-state index >= 15 is 0 Å². The summed E-state index contributed by atoms with van der Waals surface area (Å²) in [6.07, 6.45) is 1.65. The first-order valence-electron chi connectivity index (χ1n) is 6.52. The van der Waals surface area contributed by atoms with Gasteiger partial charge in [0, 0.05) is 29.7 Å². The lowest BCUT2D eigenvalue weighted by molar-refractivity contribution is -0.127. The number of hydrogen-bond acceptors (Lipinski definition) is 3. The van der Waals surface area contributed by atoms with E-state index in [1.165, 1.54) is 6.07 Å². The van der Waals surface area contributed by atoms with E-state index in [2.05, 4.69) is 26.2 Å². The number of aromatic amines is 1. The van der Waals surface area contributed by atoms with Crippen molar-refractivity contribution in [2.45, 2.75) is 19.1 Å². The number of nitrogens with one attached hydrogen (secondary N) is 2. The Balaban J connectivity index is 1.60. The van der Waals surface area contributed by atoms with E-state index in [1.807, 2.05) is 18.2 Å². The van der Waals surface area contributed by atoms with Crippen molar-refractivity contribution in [2.24, 2.45) is 0 Å². The maximum atomic E-state index is 12.1. The van der Waals surface area contributed by atoms with Gasteiger partial charge in [-0.3, -0.25) is 9.59 Å². The zero-order valence-corrected chi connectivity index (χ0v) is 12.6. The molecule has 0 saturated heterocycles. The van der Waals surface area contributed by atoms with Crippen molar-refractivity contribution < 1.29 is 9.53 Å². The molecular weight excluding hydrogens is 336 g/mol. The van der Waals surface area contributed by atoms with E-state index in [-0.39, 0.29) is 11.5 Å². The fourth-order valence-electron chi connectivity index (χ4n) is 2.22. The standard InChI is InChI=1S/C15H13BrN2O3/c16-11-2-3-12-10(5-11)6-13(21-12)15(20)18-8-9-1-4-14(19)17-7-9/h1-5,7,13H,6,8H2,(H,17,19)(H,18,20)/t13-/m0/s1. The Hall–Kier alpha value is -2.08. The summed E-state index contributed by atoms with van der Waals surface area (Å²) < 4.78 is 6.61. The molecule has 0 bridgehead atoms. The molecule has 1 atom stereocenters. The predicted octanol–water partition coefficient (Wildman–Crippen LogP) is 1.76. The van der Waals surface area contributed by atoms with Crippen LogP contribution >= 0.6 is 15.9 Å². The normalized spacial score (nSPS) is 16.1. The summed E-state index contributed by atoms with van der Waals surface area (Å²) in [6, 6.07) is 8.82. The van der Waals surface area contributed by atoms with Crippen molar-refractivity contribution in [3.63, 3.8) is 0 Å². The molecule has 21 heavy (non-hydrogen) atoms. The van der Waals surface area contributed by atoms with E-state index in [1.54, 1.807) is 12.3 Å². The van der Waals surface area contributed by atoms with Gasteiger partial charge in [-0.1, -0.05) is 22.0 Å². The minimum Gasteiger partial charge on any atom is -0.480 e. The minimum atomic E-state index is -0.503. The molecule has 0 fully saturated rings. The number of carbonyl (C=O) groups excluding carboxylic acids is 1. The first-order valence-corrected chi connectivity index (χ1v) is 7.31. The molecule has 1 aromatic carbocycles. The smallest absolute Gasteiger partial charge is 0.261 e. The molecule has 2 aromatic rings. The molecular formula is C15H13BrN2O3. The number of carbonyl (C=O) groups is 1. The van der Waals surface area contributed by atoms with Gasteiger partial charge in [0.05, 0.1) is 0 Å². The third-order valence-corrected chi connectivity index (χ3v) is 3.80. The van der Waals surface area contributed by atoms with Crippen molar-refractivity contribution >= 4 is 21.8 Å². The Morgan fingerprint density at radius 1 is 1.38 bits per heavy atom. The number of ether oxygens (including phenoxy) is 1. The van der Waals surface area contributed by atoms with E-state index in [0.29, 0.717) is 13.0 Å². The fourth-order valence-corrected chi connectivity index (χ4v) is 2.63. The predicted molar refractivity (Wildman–Crippen MR) is 81.2 cm³/mol. The zero-order chi connectivity index (χ0) is 14.8. The van der Waals surface area contributed by atoms with Crippen LogP contribution in [0.25, 0.3) is 0 Å². The van der Waals surface area contributed by atoms with Gasteiger partial charge in [-0.25, -0.2) is 0 Å². The molecule has 2 heterocycles. The van der Waals surface area contributed by atoms with Crippen LogP contribution in [0, 0.1) is 0 Å². The molecule has 1 aliphatic rings. The molecule has 1 amide bonds. The van der Waals surface area contributed by atoms with Crippen molar-refractivity contribution in [3.8, 4) is 5.75 Å². The third-order valence-electron chi connectivity index (χ3n) is 3.30. The molecule has 1 aromatic heterocycles. The highest BCUT2D eigenvalue weighted by molar-refractivity contribution is 9.10. The van der Waals surface area contributed by atoms with Crippen LogP contribution in [0.2, 0.25) is 0 Å². The van der Waals surface area contributed by atoms with E-state index in [9.17, 15) is 9.59 Å². The van der Waals surface area contributed by atoms with Crippen molar-refractivity contribution in [1.82, 2.24) is 10.3 Å². The van der Waals surface area contributed by atoms with E-state index < -0.39 is 6.10 Å².